The number of hydrogen-bond acceptors (Lipinski definition) is 5. The van der Waals surface area contributed by atoms with Crippen LogP contribution in [0.15, 0.2) is 64.1 Å². The quantitative estimate of drug-likeness (QED) is 0.385. The maximum absolute atomic E-state index is 14.7. The molecule has 0 bridgehead atoms. The van der Waals surface area contributed by atoms with Gasteiger partial charge in [-0.1, -0.05) is 54.5 Å². The van der Waals surface area contributed by atoms with Crippen LogP contribution in [0.1, 0.15) is 31.0 Å². The molecule has 0 aliphatic rings. The zero-order valence-electron chi connectivity index (χ0n) is 16.9. The molecular weight excluding hydrogens is 387 g/mol. The number of benzene rings is 2. The van der Waals surface area contributed by atoms with E-state index < -0.39 is 6.23 Å². The van der Waals surface area contributed by atoms with E-state index in [-0.39, 0.29) is 30.2 Å². The largest absolute Gasteiger partial charge is 0.392 e. The van der Waals surface area contributed by atoms with Crippen LogP contribution in [0, 0.1) is 5.82 Å². The summed E-state index contributed by atoms with van der Waals surface area (Å²) >= 11 is 0. The third kappa shape index (κ3) is 5.22. The van der Waals surface area contributed by atoms with Crippen molar-refractivity contribution < 1.29 is 18.8 Å². The Labute approximate surface area is 174 Å². The SMILES string of the molecule is CCOC(CO)/N=C(\N)Nc1cc(C(C)c2ccc(-c3ccccc3)c(F)c2)no1. The van der Waals surface area contributed by atoms with Crippen molar-refractivity contribution in [3.05, 3.63) is 71.7 Å². The standard InChI is InChI=1S/C22H25FN4O3/c1-3-29-21(13-28)26-22(24)25-20-12-19(27-30-20)14(2)16-9-10-17(18(23)11-16)15-7-5-4-6-8-15/h4-12,14,21,28H,3,13H2,1-2H3,(H3,24,25,26). The Hall–Kier alpha value is -3.23. The Kier molecular flexibility index (Phi) is 7.16. The normalized spacial score (nSPS) is 13.8. The maximum atomic E-state index is 14.7. The Morgan fingerprint density at radius 1 is 1.27 bits per heavy atom. The van der Waals surface area contributed by atoms with Gasteiger partial charge in [-0.3, -0.25) is 5.32 Å². The zero-order chi connectivity index (χ0) is 21.5. The molecule has 0 amide bonds. The van der Waals surface area contributed by atoms with Gasteiger partial charge >= 0.3 is 0 Å². The molecule has 8 heteroatoms. The summed E-state index contributed by atoms with van der Waals surface area (Å²) < 4.78 is 25.2. The van der Waals surface area contributed by atoms with E-state index >= 15 is 0 Å². The second kappa shape index (κ2) is 10.00. The van der Waals surface area contributed by atoms with Crippen LogP contribution in [0.4, 0.5) is 10.3 Å². The molecular formula is C22H25FN4O3. The molecule has 1 aromatic heterocycles. The number of aliphatic hydroxyl groups is 1. The van der Waals surface area contributed by atoms with Crippen LogP contribution in [-0.2, 0) is 4.74 Å². The highest BCUT2D eigenvalue weighted by molar-refractivity contribution is 5.91. The first-order chi connectivity index (χ1) is 14.5. The Balaban J connectivity index is 1.72. The first-order valence-electron chi connectivity index (χ1n) is 9.66. The van der Waals surface area contributed by atoms with Gasteiger partial charge in [0.2, 0.25) is 5.88 Å². The second-order valence-electron chi connectivity index (χ2n) is 6.67. The maximum Gasteiger partial charge on any atom is 0.231 e. The van der Waals surface area contributed by atoms with Gasteiger partial charge < -0.3 is 20.1 Å². The van der Waals surface area contributed by atoms with Crippen LogP contribution in [0.25, 0.3) is 11.1 Å². The van der Waals surface area contributed by atoms with Gasteiger partial charge in [0, 0.05) is 24.2 Å². The Morgan fingerprint density at radius 3 is 2.70 bits per heavy atom. The summed E-state index contributed by atoms with van der Waals surface area (Å²) in [6.45, 7) is 3.80. The fourth-order valence-corrected chi connectivity index (χ4v) is 3.01. The van der Waals surface area contributed by atoms with E-state index in [0.29, 0.717) is 17.9 Å². The molecule has 1 heterocycles. The number of hydrogen-bond donors (Lipinski definition) is 3. The third-order valence-electron chi connectivity index (χ3n) is 4.60. The number of aliphatic imine (C=N–C) groups is 1. The first-order valence-corrected chi connectivity index (χ1v) is 9.66. The number of ether oxygens (including phenoxy) is 1. The predicted molar refractivity (Wildman–Crippen MR) is 114 cm³/mol. The third-order valence-corrected chi connectivity index (χ3v) is 4.60. The molecule has 3 aromatic rings. The van der Waals surface area contributed by atoms with Gasteiger partial charge in [0.1, 0.15) is 5.82 Å². The van der Waals surface area contributed by atoms with E-state index in [0.717, 1.165) is 11.1 Å². The molecule has 30 heavy (non-hydrogen) atoms. The average Bonchev–Trinajstić information content (AvgIpc) is 3.21. The number of aromatic nitrogens is 1. The monoisotopic (exact) mass is 412 g/mol. The van der Waals surface area contributed by atoms with Crippen molar-refractivity contribution >= 4 is 11.8 Å². The van der Waals surface area contributed by atoms with Gasteiger partial charge in [-0.15, -0.1) is 0 Å². The molecule has 158 valence electrons. The summed E-state index contributed by atoms with van der Waals surface area (Å²) in [4.78, 5) is 4.02. The highest BCUT2D eigenvalue weighted by Gasteiger charge is 2.17. The van der Waals surface area contributed by atoms with Gasteiger partial charge in [-0.05, 0) is 24.1 Å². The Bertz CT molecular complexity index is 991. The molecule has 2 aromatic carbocycles. The van der Waals surface area contributed by atoms with Crippen molar-refractivity contribution in [2.24, 2.45) is 10.7 Å². The number of nitrogens with one attached hydrogen (secondary N) is 1. The fourth-order valence-electron chi connectivity index (χ4n) is 3.01. The van der Waals surface area contributed by atoms with Crippen LogP contribution in [0.5, 0.6) is 0 Å². The highest BCUT2D eigenvalue weighted by Crippen LogP contribution is 2.29. The van der Waals surface area contributed by atoms with Crippen molar-refractivity contribution in [2.45, 2.75) is 26.0 Å². The van der Waals surface area contributed by atoms with E-state index in [1.165, 1.54) is 6.07 Å². The van der Waals surface area contributed by atoms with Crippen molar-refractivity contribution in [3.63, 3.8) is 0 Å². The number of nitrogens with two attached hydrogens (primary N) is 1. The number of aliphatic hydroxyl groups excluding tert-OH is 1. The lowest BCUT2D eigenvalue weighted by Crippen LogP contribution is -2.27. The van der Waals surface area contributed by atoms with E-state index in [4.69, 9.17) is 15.0 Å². The van der Waals surface area contributed by atoms with Crippen LogP contribution in [0.3, 0.4) is 0 Å². The van der Waals surface area contributed by atoms with E-state index in [2.05, 4.69) is 15.5 Å². The second-order valence-corrected chi connectivity index (χ2v) is 6.67. The van der Waals surface area contributed by atoms with Crippen molar-refractivity contribution in [1.29, 1.82) is 0 Å². The van der Waals surface area contributed by atoms with Crippen LogP contribution < -0.4 is 11.1 Å². The number of anilines is 1. The molecule has 0 saturated carbocycles. The molecule has 7 nitrogen and oxygen atoms in total. The number of nitrogens with zero attached hydrogens (tertiary/aromatic N) is 2. The van der Waals surface area contributed by atoms with Gasteiger partial charge in [-0.2, -0.15) is 0 Å². The van der Waals surface area contributed by atoms with Crippen molar-refractivity contribution in [1.82, 2.24) is 5.16 Å². The lowest BCUT2D eigenvalue weighted by Gasteiger charge is -2.11. The minimum Gasteiger partial charge on any atom is -0.392 e. The number of guanidine groups is 1. The van der Waals surface area contributed by atoms with Crippen molar-refractivity contribution in [2.75, 3.05) is 18.5 Å². The summed E-state index contributed by atoms with van der Waals surface area (Å²) in [5.41, 5.74) is 8.56. The lowest BCUT2D eigenvalue weighted by molar-refractivity contribution is 0.0262. The Morgan fingerprint density at radius 2 is 2.03 bits per heavy atom. The predicted octanol–water partition coefficient (Wildman–Crippen LogP) is 3.71. The van der Waals surface area contributed by atoms with Crippen LogP contribution >= 0.6 is 0 Å². The summed E-state index contributed by atoms with van der Waals surface area (Å²) in [5, 5.41) is 16.0. The molecule has 0 saturated heterocycles. The molecule has 0 aliphatic carbocycles. The molecule has 2 atom stereocenters. The molecule has 3 rings (SSSR count). The molecule has 0 aliphatic heterocycles. The molecule has 0 spiro atoms. The van der Waals surface area contributed by atoms with Crippen LogP contribution in [-0.4, -0.2) is 35.7 Å². The topological polar surface area (TPSA) is 106 Å². The van der Waals surface area contributed by atoms with Gasteiger partial charge in [0.15, 0.2) is 12.2 Å². The first kappa shape index (κ1) is 21.5. The minimum absolute atomic E-state index is 0.0242. The fraction of sp³-hybridized carbons (Fsp3) is 0.273. The summed E-state index contributed by atoms with van der Waals surface area (Å²) in [6, 6.07) is 16.2. The van der Waals surface area contributed by atoms with E-state index in [1.807, 2.05) is 43.3 Å². The summed E-state index contributed by atoms with van der Waals surface area (Å²) in [6.07, 6.45) is -0.755. The average molecular weight is 412 g/mol. The van der Waals surface area contributed by atoms with E-state index in [1.54, 1.807) is 19.1 Å². The van der Waals surface area contributed by atoms with Crippen LogP contribution in [0.2, 0.25) is 0 Å². The lowest BCUT2D eigenvalue weighted by atomic mass is 9.95. The number of halogens is 1. The molecule has 2 unspecified atom stereocenters. The molecule has 0 fully saturated rings. The van der Waals surface area contributed by atoms with Crippen molar-refractivity contribution in [3.8, 4) is 11.1 Å². The van der Waals surface area contributed by atoms with Gasteiger partial charge in [-0.25, -0.2) is 9.38 Å². The smallest absolute Gasteiger partial charge is 0.231 e. The van der Waals surface area contributed by atoms with Gasteiger partial charge in [0.05, 0.1) is 12.3 Å². The molecule has 4 N–H and O–H groups in total. The minimum atomic E-state index is -0.755. The summed E-state index contributed by atoms with van der Waals surface area (Å²) in [5.74, 6) is -0.186. The van der Waals surface area contributed by atoms with Gasteiger partial charge in [0.25, 0.3) is 0 Å². The summed E-state index contributed by atoms with van der Waals surface area (Å²) in [7, 11) is 0. The molecule has 0 radical (unpaired) electrons. The van der Waals surface area contributed by atoms with E-state index in [9.17, 15) is 9.50 Å². The highest BCUT2D eigenvalue weighted by atomic mass is 19.1. The zero-order valence-corrected chi connectivity index (χ0v) is 16.9. The number of rotatable bonds is 8.